The van der Waals surface area contributed by atoms with Gasteiger partial charge in [0.2, 0.25) is 6.29 Å². The normalized spacial score (nSPS) is 22.0. The molecule has 0 spiro atoms. The standard InChI is InChI=1S/C7H9F2NO2/c8-7(9)1-3-10(4-2-7)6(12)5-11/h5H,1-4H2. The summed E-state index contributed by atoms with van der Waals surface area (Å²) in [6, 6.07) is 0. The molecule has 0 aromatic heterocycles. The van der Waals surface area contributed by atoms with Crippen LogP contribution >= 0.6 is 0 Å². The molecule has 0 unspecified atom stereocenters. The van der Waals surface area contributed by atoms with Gasteiger partial charge in [-0.05, 0) is 0 Å². The molecule has 0 atom stereocenters. The Balaban J connectivity index is 2.46. The molecule has 12 heavy (non-hydrogen) atoms. The zero-order valence-electron chi connectivity index (χ0n) is 6.43. The average molecular weight is 177 g/mol. The third-order valence-corrected chi connectivity index (χ3v) is 1.91. The lowest BCUT2D eigenvalue weighted by Gasteiger charge is -2.30. The summed E-state index contributed by atoms with van der Waals surface area (Å²) >= 11 is 0. The molecule has 5 heteroatoms. The number of amides is 1. The van der Waals surface area contributed by atoms with Gasteiger partial charge in [-0.15, -0.1) is 0 Å². The van der Waals surface area contributed by atoms with Crippen LogP contribution in [0.2, 0.25) is 0 Å². The van der Waals surface area contributed by atoms with Crippen molar-refractivity contribution in [1.82, 2.24) is 4.90 Å². The molecule has 1 heterocycles. The van der Waals surface area contributed by atoms with E-state index >= 15 is 0 Å². The topological polar surface area (TPSA) is 37.4 Å². The summed E-state index contributed by atoms with van der Waals surface area (Å²) in [5.41, 5.74) is 0. The molecule has 1 aliphatic rings. The fourth-order valence-electron chi connectivity index (χ4n) is 1.13. The highest BCUT2D eigenvalue weighted by Crippen LogP contribution is 2.27. The first-order chi connectivity index (χ1) is 5.55. The number of aldehydes is 1. The van der Waals surface area contributed by atoms with E-state index in [9.17, 15) is 18.4 Å². The fraction of sp³-hybridized carbons (Fsp3) is 0.714. The van der Waals surface area contributed by atoms with Crippen molar-refractivity contribution in [1.29, 1.82) is 0 Å². The molecule has 0 aromatic carbocycles. The molecule has 68 valence electrons. The van der Waals surface area contributed by atoms with Crippen molar-refractivity contribution in [2.24, 2.45) is 0 Å². The third-order valence-electron chi connectivity index (χ3n) is 1.91. The second-order valence-corrected chi connectivity index (χ2v) is 2.80. The maximum absolute atomic E-state index is 12.5. The molecular weight excluding hydrogens is 168 g/mol. The second-order valence-electron chi connectivity index (χ2n) is 2.80. The number of likely N-dealkylation sites (tertiary alicyclic amines) is 1. The molecule has 0 aromatic rings. The first-order valence-corrected chi connectivity index (χ1v) is 3.67. The lowest BCUT2D eigenvalue weighted by Crippen LogP contribution is -2.43. The van der Waals surface area contributed by atoms with Crippen molar-refractivity contribution >= 4 is 12.2 Å². The Morgan fingerprint density at radius 3 is 2.25 bits per heavy atom. The molecule has 1 rings (SSSR count). The maximum atomic E-state index is 12.5. The molecule has 0 N–H and O–H groups in total. The number of hydrogen-bond donors (Lipinski definition) is 0. The summed E-state index contributed by atoms with van der Waals surface area (Å²) in [5.74, 6) is -3.37. The van der Waals surface area contributed by atoms with Gasteiger partial charge in [0.05, 0.1) is 0 Å². The van der Waals surface area contributed by atoms with Gasteiger partial charge in [-0.3, -0.25) is 9.59 Å². The van der Waals surface area contributed by atoms with Crippen LogP contribution in [0.3, 0.4) is 0 Å². The van der Waals surface area contributed by atoms with E-state index in [-0.39, 0.29) is 32.2 Å². The van der Waals surface area contributed by atoms with Crippen LogP contribution in [-0.2, 0) is 9.59 Å². The number of carbonyl (C=O) groups excluding carboxylic acids is 2. The molecule has 1 saturated heterocycles. The SMILES string of the molecule is O=CC(=O)N1CCC(F)(F)CC1. The van der Waals surface area contributed by atoms with Crippen molar-refractivity contribution < 1.29 is 18.4 Å². The van der Waals surface area contributed by atoms with Crippen LogP contribution in [0.15, 0.2) is 0 Å². The highest BCUT2D eigenvalue weighted by atomic mass is 19.3. The average Bonchev–Trinajstić information content (AvgIpc) is 2.03. The predicted octanol–water partition coefficient (Wildman–Crippen LogP) is 0.443. The molecule has 0 aliphatic carbocycles. The van der Waals surface area contributed by atoms with E-state index in [0.717, 1.165) is 4.90 Å². The van der Waals surface area contributed by atoms with E-state index in [1.807, 2.05) is 0 Å². The number of nitrogens with zero attached hydrogens (tertiary/aromatic N) is 1. The van der Waals surface area contributed by atoms with Crippen molar-refractivity contribution in [3.8, 4) is 0 Å². The largest absolute Gasteiger partial charge is 0.336 e. The molecule has 1 fully saturated rings. The van der Waals surface area contributed by atoms with E-state index in [1.54, 1.807) is 0 Å². The summed E-state index contributed by atoms with van der Waals surface area (Å²) in [5, 5.41) is 0. The van der Waals surface area contributed by atoms with Crippen molar-refractivity contribution in [3.05, 3.63) is 0 Å². The van der Waals surface area contributed by atoms with Crippen LogP contribution in [0, 0.1) is 0 Å². The third kappa shape index (κ3) is 1.99. The minimum absolute atomic E-state index is 0.0232. The second kappa shape index (κ2) is 3.16. The number of halogens is 2. The van der Waals surface area contributed by atoms with Crippen LogP contribution < -0.4 is 0 Å². The quantitative estimate of drug-likeness (QED) is 0.430. The number of hydrogen-bond acceptors (Lipinski definition) is 2. The van der Waals surface area contributed by atoms with Gasteiger partial charge in [-0.25, -0.2) is 8.78 Å². The first kappa shape index (κ1) is 9.09. The smallest absolute Gasteiger partial charge is 0.286 e. The van der Waals surface area contributed by atoms with E-state index in [4.69, 9.17) is 0 Å². The minimum Gasteiger partial charge on any atom is -0.336 e. The first-order valence-electron chi connectivity index (χ1n) is 3.67. The highest BCUT2D eigenvalue weighted by molar-refractivity contribution is 6.23. The molecular formula is C7H9F2NO2. The number of carbonyl (C=O) groups is 2. The van der Waals surface area contributed by atoms with Crippen LogP contribution in [0.1, 0.15) is 12.8 Å². The number of piperidine rings is 1. The van der Waals surface area contributed by atoms with Crippen LogP contribution in [0.4, 0.5) is 8.78 Å². The predicted molar refractivity (Wildman–Crippen MR) is 36.8 cm³/mol. The Morgan fingerprint density at radius 2 is 1.83 bits per heavy atom. The zero-order valence-corrected chi connectivity index (χ0v) is 6.43. The molecule has 0 bridgehead atoms. The van der Waals surface area contributed by atoms with Crippen LogP contribution in [-0.4, -0.2) is 36.1 Å². The molecule has 1 amide bonds. The van der Waals surface area contributed by atoms with Crippen LogP contribution in [0.5, 0.6) is 0 Å². The van der Waals surface area contributed by atoms with Gasteiger partial charge < -0.3 is 4.90 Å². The van der Waals surface area contributed by atoms with Gasteiger partial charge in [0.25, 0.3) is 11.8 Å². The van der Waals surface area contributed by atoms with Gasteiger partial charge in [0, 0.05) is 25.9 Å². The Morgan fingerprint density at radius 1 is 1.33 bits per heavy atom. The zero-order chi connectivity index (χ0) is 9.19. The van der Waals surface area contributed by atoms with Crippen LogP contribution in [0.25, 0.3) is 0 Å². The maximum Gasteiger partial charge on any atom is 0.286 e. The van der Waals surface area contributed by atoms with Gasteiger partial charge in [0.15, 0.2) is 0 Å². The fourth-order valence-corrected chi connectivity index (χ4v) is 1.13. The molecule has 0 radical (unpaired) electrons. The monoisotopic (exact) mass is 177 g/mol. The van der Waals surface area contributed by atoms with Gasteiger partial charge in [-0.2, -0.15) is 0 Å². The van der Waals surface area contributed by atoms with Crippen molar-refractivity contribution in [2.75, 3.05) is 13.1 Å². The Bertz CT molecular complexity index is 196. The summed E-state index contributed by atoms with van der Waals surface area (Å²) < 4.78 is 25.0. The summed E-state index contributed by atoms with van der Waals surface area (Å²) in [6.07, 6.45) is -0.525. The number of rotatable bonds is 1. The van der Waals surface area contributed by atoms with Crippen molar-refractivity contribution in [2.45, 2.75) is 18.8 Å². The summed E-state index contributed by atoms with van der Waals surface area (Å²) in [6.45, 7) is -0.0465. The van der Waals surface area contributed by atoms with E-state index < -0.39 is 11.8 Å². The Hall–Kier alpha value is -1.00. The van der Waals surface area contributed by atoms with Gasteiger partial charge >= 0.3 is 0 Å². The number of alkyl halides is 2. The minimum atomic E-state index is -2.67. The van der Waals surface area contributed by atoms with Gasteiger partial charge in [-0.1, -0.05) is 0 Å². The lowest BCUT2D eigenvalue weighted by atomic mass is 10.1. The van der Waals surface area contributed by atoms with E-state index in [0.29, 0.717) is 0 Å². The molecule has 3 nitrogen and oxygen atoms in total. The van der Waals surface area contributed by atoms with E-state index in [1.165, 1.54) is 0 Å². The Labute approximate surface area is 68.3 Å². The summed E-state index contributed by atoms with van der Waals surface area (Å²) in [4.78, 5) is 21.8. The van der Waals surface area contributed by atoms with E-state index in [2.05, 4.69) is 0 Å². The molecule has 1 aliphatic heterocycles. The van der Waals surface area contributed by atoms with Gasteiger partial charge in [0.1, 0.15) is 0 Å². The lowest BCUT2D eigenvalue weighted by molar-refractivity contribution is -0.143. The Kier molecular flexibility index (Phi) is 2.40. The summed E-state index contributed by atoms with van der Waals surface area (Å²) in [7, 11) is 0. The highest BCUT2D eigenvalue weighted by Gasteiger charge is 2.35. The van der Waals surface area contributed by atoms with Crippen molar-refractivity contribution in [3.63, 3.8) is 0 Å². The molecule has 0 saturated carbocycles.